The van der Waals surface area contributed by atoms with Crippen LogP contribution in [0.2, 0.25) is 0 Å². The normalized spacial score (nSPS) is 20.9. The number of methoxy groups -OCH3 is 2. The van der Waals surface area contributed by atoms with Gasteiger partial charge in [0.25, 0.3) is 0 Å². The Bertz CT molecular complexity index is 755. The molecule has 1 fully saturated rings. The molecule has 2 aliphatic rings. The fourth-order valence-corrected chi connectivity index (χ4v) is 3.68. The second-order valence-electron chi connectivity index (χ2n) is 6.41. The largest absolute Gasteiger partial charge is 0.493 e. The number of ether oxygens (including phenoxy) is 2. The first-order valence-electron chi connectivity index (χ1n) is 7.93. The quantitative estimate of drug-likeness (QED) is 0.940. The molecule has 1 atom stereocenters. The predicted octanol–water partition coefficient (Wildman–Crippen LogP) is 3.57. The SMILES string of the molecule is COc1cc2c(cc1OC)C1(CC1)CNC2c1ccccc1F. The standard InChI is InChI=1S/C19H20FNO2/c1-22-16-9-13-14(10-17(16)23-2)19(7-8-19)11-21-18(13)12-5-3-4-6-15(12)20/h3-6,9-10,18,21H,7-8,11H2,1-2H3. The van der Waals surface area contributed by atoms with Gasteiger partial charge in [0.15, 0.2) is 11.5 Å². The minimum atomic E-state index is -0.183. The molecule has 1 heterocycles. The van der Waals surface area contributed by atoms with E-state index in [0.29, 0.717) is 11.3 Å². The van der Waals surface area contributed by atoms with Gasteiger partial charge in [-0.2, -0.15) is 0 Å². The first-order chi connectivity index (χ1) is 11.2. The van der Waals surface area contributed by atoms with Crippen molar-refractivity contribution in [3.63, 3.8) is 0 Å². The van der Waals surface area contributed by atoms with Crippen molar-refractivity contribution in [3.8, 4) is 11.5 Å². The van der Waals surface area contributed by atoms with Gasteiger partial charge in [-0.1, -0.05) is 18.2 Å². The van der Waals surface area contributed by atoms with E-state index < -0.39 is 0 Å². The lowest BCUT2D eigenvalue weighted by atomic mass is 9.81. The van der Waals surface area contributed by atoms with E-state index in [2.05, 4.69) is 11.4 Å². The van der Waals surface area contributed by atoms with E-state index in [1.54, 1.807) is 20.3 Å². The summed E-state index contributed by atoms with van der Waals surface area (Å²) in [7, 11) is 3.28. The summed E-state index contributed by atoms with van der Waals surface area (Å²) in [4.78, 5) is 0. The van der Waals surface area contributed by atoms with Crippen LogP contribution < -0.4 is 14.8 Å². The molecule has 0 bridgehead atoms. The van der Waals surface area contributed by atoms with E-state index >= 15 is 0 Å². The van der Waals surface area contributed by atoms with Crippen LogP contribution in [0.4, 0.5) is 4.39 Å². The number of nitrogens with one attached hydrogen (secondary N) is 1. The third-order valence-corrected chi connectivity index (χ3v) is 5.15. The van der Waals surface area contributed by atoms with E-state index in [4.69, 9.17) is 9.47 Å². The van der Waals surface area contributed by atoms with E-state index in [1.807, 2.05) is 18.2 Å². The molecule has 1 aliphatic heterocycles. The molecule has 3 nitrogen and oxygen atoms in total. The molecule has 1 N–H and O–H groups in total. The molecular weight excluding hydrogens is 293 g/mol. The zero-order valence-corrected chi connectivity index (χ0v) is 13.4. The van der Waals surface area contributed by atoms with Gasteiger partial charge >= 0.3 is 0 Å². The molecule has 1 aliphatic carbocycles. The van der Waals surface area contributed by atoms with Crippen LogP contribution in [0, 0.1) is 5.82 Å². The Morgan fingerprint density at radius 3 is 2.39 bits per heavy atom. The molecule has 2 aromatic carbocycles. The van der Waals surface area contributed by atoms with Crippen LogP contribution in [0.15, 0.2) is 36.4 Å². The highest BCUT2D eigenvalue weighted by atomic mass is 19.1. The van der Waals surface area contributed by atoms with E-state index in [-0.39, 0.29) is 17.3 Å². The lowest BCUT2D eigenvalue weighted by Gasteiger charge is -2.34. The van der Waals surface area contributed by atoms with Crippen molar-refractivity contribution in [2.24, 2.45) is 0 Å². The van der Waals surface area contributed by atoms with Gasteiger partial charge in [0.1, 0.15) is 5.82 Å². The summed E-state index contributed by atoms with van der Waals surface area (Å²) >= 11 is 0. The summed E-state index contributed by atoms with van der Waals surface area (Å²) in [5.74, 6) is 1.25. The minimum Gasteiger partial charge on any atom is -0.493 e. The lowest BCUT2D eigenvalue weighted by Crippen LogP contribution is -2.38. The van der Waals surface area contributed by atoms with E-state index in [1.165, 1.54) is 11.6 Å². The van der Waals surface area contributed by atoms with E-state index in [0.717, 1.165) is 30.7 Å². The second kappa shape index (κ2) is 5.24. The topological polar surface area (TPSA) is 30.5 Å². The average Bonchev–Trinajstić information content (AvgIpc) is 3.36. The summed E-state index contributed by atoms with van der Waals surface area (Å²) in [5, 5.41) is 3.54. The summed E-state index contributed by atoms with van der Waals surface area (Å²) in [6, 6.07) is 10.9. The summed E-state index contributed by atoms with van der Waals surface area (Å²) in [6.45, 7) is 0.870. The van der Waals surface area contributed by atoms with Crippen molar-refractivity contribution in [1.82, 2.24) is 5.32 Å². The van der Waals surface area contributed by atoms with Gasteiger partial charge in [-0.15, -0.1) is 0 Å². The highest BCUT2D eigenvalue weighted by Crippen LogP contribution is 2.55. The zero-order chi connectivity index (χ0) is 16.0. The van der Waals surface area contributed by atoms with Crippen LogP contribution in [0.3, 0.4) is 0 Å². The maximum absolute atomic E-state index is 14.3. The van der Waals surface area contributed by atoms with Gasteiger partial charge in [0, 0.05) is 17.5 Å². The Kier molecular flexibility index (Phi) is 3.31. The van der Waals surface area contributed by atoms with Crippen LogP contribution >= 0.6 is 0 Å². The van der Waals surface area contributed by atoms with Crippen molar-refractivity contribution < 1.29 is 13.9 Å². The fourth-order valence-electron chi connectivity index (χ4n) is 3.68. The van der Waals surface area contributed by atoms with Crippen LogP contribution in [0.5, 0.6) is 11.5 Å². The first-order valence-corrected chi connectivity index (χ1v) is 7.93. The minimum absolute atomic E-state index is 0.155. The van der Waals surface area contributed by atoms with Crippen molar-refractivity contribution >= 4 is 0 Å². The molecule has 2 aromatic rings. The molecule has 23 heavy (non-hydrogen) atoms. The summed E-state index contributed by atoms with van der Waals surface area (Å²) in [6.07, 6.45) is 2.32. The maximum atomic E-state index is 14.3. The monoisotopic (exact) mass is 313 g/mol. The number of hydrogen-bond acceptors (Lipinski definition) is 3. The Hall–Kier alpha value is -2.07. The maximum Gasteiger partial charge on any atom is 0.161 e. The molecule has 0 saturated heterocycles. The van der Waals surface area contributed by atoms with Crippen LogP contribution in [-0.4, -0.2) is 20.8 Å². The predicted molar refractivity (Wildman–Crippen MR) is 86.7 cm³/mol. The van der Waals surface area contributed by atoms with Crippen molar-refractivity contribution in [1.29, 1.82) is 0 Å². The van der Waals surface area contributed by atoms with Crippen molar-refractivity contribution in [2.45, 2.75) is 24.3 Å². The molecule has 120 valence electrons. The zero-order valence-electron chi connectivity index (χ0n) is 13.4. The third kappa shape index (κ3) is 2.20. The number of hydrogen-bond donors (Lipinski definition) is 1. The molecule has 1 spiro atoms. The molecule has 1 unspecified atom stereocenters. The van der Waals surface area contributed by atoms with Gasteiger partial charge in [0.05, 0.1) is 20.3 Å². The molecule has 4 rings (SSSR count). The Morgan fingerprint density at radius 1 is 1.04 bits per heavy atom. The smallest absolute Gasteiger partial charge is 0.161 e. The van der Waals surface area contributed by atoms with Crippen LogP contribution in [0.25, 0.3) is 0 Å². The number of fused-ring (bicyclic) bond motifs is 2. The highest BCUT2D eigenvalue weighted by Gasteiger charge is 2.49. The summed E-state index contributed by atoms with van der Waals surface area (Å²) in [5.41, 5.74) is 3.21. The molecule has 0 aromatic heterocycles. The van der Waals surface area contributed by atoms with Gasteiger partial charge in [-0.25, -0.2) is 4.39 Å². The second-order valence-corrected chi connectivity index (χ2v) is 6.41. The van der Waals surface area contributed by atoms with Crippen molar-refractivity contribution in [2.75, 3.05) is 20.8 Å². The molecular formula is C19H20FNO2. The Balaban J connectivity index is 1.89. The molecule has 0 amide bonds. The van der Waals surface area contributed by atoms with Gasteiger partial charge < -0.3 is 14.8 Å². The summed E-state index contributed by atoms with van der Waals surface area (Å²) < 4.78 is 25.2. The van der Waals surface area contributed by atoms with Gasteiger partial charge in [0.2, 0.25) is 0 Å². The van der Waals surface area contributed by atoms with Crippen molar-refractivity contribution in [3.05, 3.63) is 58.9 Å². The number of benzene rings is 2. The molecule has 0 radical (unpaired) electrons. The van der Waals surface area contributed by atoms with Crippen LogP contribution in [0.1, 0.15) is 35.6 Å². The Morgan fingerprint density at radius 2 is 1.74 bits per heavy atom. The first kappa shape index (κ1) is 14.5. The average molecular weight is 313 g/mol. The Labute approximate surface area is 135 Å². The van der Waals surface area contributed by atoms with Gasteiger partial charge in [-0.3, -0.25) is 0 Å². The van der Waals surface area contributed by atoms with E-state index in [9.17, 15) is 4.39 Å². The van der Waals surface area contributed by atoms with Crippen LogP contribution in [-0.2, 0) is 5.41 Å². The highest BCUT2D eigenvalue weighted by molar-refractivity contribution is 5.56. The molecule has 1 saturated carbocycles. The lowest BCUT2D eigenvalue weighted by molar-refractivity contribution is 0.351. The van der Waals surface area contributed by atoms with Gasteiger partial charge in [-0.05, 0) is 42.2 Å². The number of rotatable bonds is 3. The number of halogens is 1. The third-order valence-electron chi connectivity index (χ3n) is 5.15. The fraction of sp³-hybridized carbons (Fsp3) is 0.368. The molecule has 4 heteroatoms.